The molecule has 18 heavy (non-hydrogen) atoms. The zero-order chi connectivity index (χ0) is 13.1. The van der Waals surface area contributed by atoms with E-state index in [2.05, 4.69) is 26.0 Å². The molecule has 1 nitrogen and oxygen atoms in total. The summed E-state index contributed by atoms with van der Waals surface area (Å²) in [5, 5.41) is 0. The third kappa shape index (κ3) is 7.56. The van der Waals surface area contributed by atoms with Crippen molar-refractivity contribution < 1.29 is 4.52 Å². The first-order chi connectivity index (χ1) is 8.86. The van der Waals surface area contributed by atoms with E-state index in [4.69, 9.17) is 4.52 Å². The molecule has 0 N–H and O–H groups in total. The Balaban J connectivity index is 2.37. The Hall–Kier alpha value is 0.150. The Labute approximate surface area is 121 Å². The number of hydrogen-bond acceptors (Lipinski definition) is 3. The fraction of sp³-hybridized carbons (Fsp3) is 0.571. The van der Waals surface area contributed by atoms with Gasteiger partial charge in [0.15, 0.2) is 0 Å². The van der Waals surface area contributed by atoms with Crippen molar-refractivity contribution in [2.45, 2.75) is 39.5 Å². The van der Waals surface area contributed by atoms with Crippen LogP contribution in [0.5, 0.6) is 5.75 Å². The van der Waals surface area contributed by atoms with Crippen LogP contribution in [0.1, 0.15) is 39.5 Å². The molecule has 0 atom stereocenters. The molecule has 1 aromatic rings. The van der Waals surface area contributed by atoms with Crippen LogP contribution in [0.2, 0.25) is 0 Å². The topological polar surface area (TPSA) is 9.23 Å². The molecule has 0 amide bonds. The van der Waals surface area contributed by atoms with Gasteiger partial charge in [-0.2, -0.15) is 0 Å². The highest BCUT2D eigenvalue weighted by Crippen LogP contribution is 2.61. The molecule has 0 spiro atoms. The van der Waals surface area contributed by atoms with E-state index in [1.807, 2.05) is 41.0 Å². The maximum Gasteiger partial charge on any atom is 0.209 e. The summed E-state index contributed by atoms with van der Waals surface area (Å²) in [5.74, 6) is 3.44. The van der Waals surface area contributed by atoms with Crippen LogP contribution in [-0.4, -0.2) is 11.5 Å². The molecule has 0 fully saturated rings. The fourth-order valence-corrected chi connectivity index (χ4v) is 7.57. The van der Waals surface area contributed by atoms with E-state index in [-0.39, 0.29) is 0 Å². The quantitative estimate of drug-likeness (QED) is 0.367. The molecule has 0 saturated carbocycles. The highest BCUT2D eigenvalue weighted by molar-refractivity contribution is 8.87. The maximum absolute atomic E-state index is 6.10. The lowest BCUT2D eigenvalue weighted by molar-refractivity contribution is 0.639. The molecule has 0 aliphatic rings. The van der Waals surface area contributed by atoms with Crippen molar-refractivity contribution in [3.63, 3.8) is 0 Å². The van der Waals surface area contributed by atoms with Crippen LogP contribution in [0, 0.1) is 0 Å². The fourth-order valence-electron chi connectivity index (χ4n) is 1.22. The van der Waals surface area contributed by atoms with Crippen molar-refractivity contribution in [1.29, 1.82) is 0 Å². The highest BCUT2D eigenvalue weighted by Gasteiger charge is 2.12. The van der Waals surface area contributed by atoms with Crippen molar-refractivity contribution >= 4 is 29.3 Å². The molecule has 4 heteroatoms. The van der Waals surface area contributed by atoms with Crippen LogP contribution in [0.25, 0.3) is 0 Å². The Kier molecular flexibility index (Phi) is 9.92. The minimum Gasteiger partial charge on any atom is -0.453 e. The summed E-state index contributed by atoms with van der Waals surface area (Å²) in [5.41, 5.74) is 0. The van der Waals surface area contributed by atoms with Crippen LogP contribution in [-0.2, 0) is 0 Å². The van der Waals surface area contributed by atoms with Gasteiger partial charge in [-0.05, 0) is 25.0 Å². The van der Waals surface area contributed by atoms with Gasteiger partial charge in [0.1, 0.15) is 5.75 Å². The number of benzene rings is 1. The summed E-state index contributed by atoms with van der Waals surface area (Å²) in [6, 6.07) is 10.2. The van der Waals surface area contributed by atoms with Crippen molar-refractivity contribution in [1.82, 2.24) is 0 Å². The predicted octanol–water partition coefficient (Wildman–Crippen LogP) is 6.36. The zero-order valence-electron chi connectivity index (χ0n) is 11.3. The van der Waals surface area contributed by atoms with E-state index >= 15 is 0 Å². The molecule has 0 saturated heterocycles. The van der Waals surface area contributed by atoms with Crippen LogP contribution in [0.4, 0.5) is 0 Å². The Morgan fingerprint density at radius 2 is 1.50 bits per heavy atom. The number of hydrogen-bond donors (Lipinski definition) is 0. The Morgan fingerprint density at radius 3 is 2.00 bits per heavy atom. The van der Waals surface area contributed by atoms with Crippen molar-refractivity contribution in [3.05, 3.63) is 30.3 Å². The number of rotatable bonds is 10. The standard InChI is InChI=1S/C14H23OPS2/c1-3-5-12-17-16(18-13-6-4-2)15-14-10-8-7-9-11-14/h7-11H,3-6,12-13H2,1-2H3. The molecule has 102 valence electrons. The first-order valence-corrected chi connectivity index (χ1v) is 11.1. The summed E-state index contributed by atoms with van der Waals surface area (Å²) in [7, 11) is 0. The van der Waals surface area contributed by atoms with E-state index in [0.29, 0.717) is 0 Å². The van der Waals surface area contributed by atoms with E-state index in [9.17, 15) is 0 Å². The minimum absolute atomic E-state index is 0.427. The molecule has 0 radical (unpaired) electrons. The number of para-hydroxylation sites is 1. The van der Waals surface area contributed by atoms with E-state index in [0.717, 1.165) is 5.75 Å². The molecule has 0 aliphatic heterocycles. The average Bonchev–Trinajstić information content (AvgIpc) is 2.40. The molecular formula is C14H23OPS2. The van der Waals surface area contributed by atoms with Crippen molar-refractivity contribution in [2.24, 2.45) is 0 Å². The second-order valence-corrected chi connectivity index (χ2v) is 10.2. The second-order valence-electron chi connectivity index (χ2n) is 4.00. The van der Waals surface area contributed by atoms with Gasteiger partial charge >= 0.3 is 0 Å². The van der Waals surface area contributed by atoms with Gasteiger partial charge in [0.2, 0.25) is 6.55 Å². The summed E-state index contributed by atoms with van der Waals surface area (Å²) in [4.78, 5) is 0. The largest absolute Gasteiger partial charge is 0.453 e. The molecule has 1 rings (SSSR count). The molecule has 0 bridgehead atoms. The third-order valence-electron chi connectivity index (χ3n) is 2.31. The molecule has 0 aliphatic carbocycles. The van der Waals surface area contributed by atoms with Gasteiger partial charge in [0.25, 0.3) is 0 Å². The summed E-state index contributed by atoms with van der Waals surface area (Å²) < 4.78 is 6.10. The SMILES string of the molecule is CCCCSP(Oc1ccccc1)SCCCC. The maximum atomic E-state index is 6.10. The summed E-state index contributed by atoms with van der Waals surface area (Å²) in [6.45, 7) is 4.06. The number of unbranched alkanes of at least 4 members (excludes halogenated alkanes) is 2. The zero-order valence-corrected chi connectivity index (χ0v) is 13.8. The highest BCUT2D eigenvalue weighted by atomic mass is 33.1. The Bertz CT molecular complexity index is 285. The van der Waals surface area contributed by atoms with Gasteiger partial charge in [-0.1, -0.05) is 67.7 Å². The second kappa shape index (κ2) is 11.0. The summed E-state index contributed by atoms with van der Waals surface area (Å²) in [6.07, 6.45) is 5.11. The average molecular weight is 302 g/mol. The predicted molar refractivity (Wildman–Crippen MR) is 88.7 cm³/mol. The minimum atomic E-state index is -0.427. The monoisotopic (exact) mass is 302 g/mol. The lowest BCUT2D eigenvalue weighted by Crippen LogP contribution is -1.85. The van der Waals surface area contributed by atoms with E-state index in [1.54, 1.807) is 0 Å². The van der Waals surface area contributed by atoms with Gasteiger partial charge in [-0.3, -0.25) is 0 Å². The summed E-state index contributed by atoms with van der Waals surface area (Å²) >= 11 is 3.99. The molecule has 0 unspecified atom stereocenters. The van der Waals surface area contributed by atoms with E-state index in [1.165, 1.54) is 37.2 Å². The van der Waals surface area contributed by atoms with Gasteiger partial charge < -0.3 is 4.52 Å². The lowest BCUT2D eigenvalue weighted by atomic mass is 10.3. The smallest absolute Gasteiger partial charge is 0.209 e. The normalized spacial score (nSPS) is 10.8. The van der Waals surface area contributed by atoms with Crippen molar-refractivity contribution in [2.75, 3.05) is 11.5 Å². The molecule has 1 aromatic carbocycles. The molecule has 0 heterocycles. The van der Waals surface area contributed by atoms with Crippen LogP contribution in [0.3, 0.4) is 0 Å². The van der Waals surface area contributed by atoms with Gasteiger partial charge in [-0.25, -0.2) is 0 Å². The van der Waals surface area contributed by atoms with Gasteiger partial charge in [-0.15, -0.1) is 0 Å². The molecular weight excluding hydrogens is 279 g/mol. The van der Waals surface area contributed by atoms with Crippen LogP contribution in [0.15, 0.2) is 30.3 Å². The van der Waals surface area contributed by atoms with Gasteiger partial charge in [0, 0.05) is 11.5 Å². The van der Waals surface area contributed by atoms with Crippen LogP contribution < -0.4 is 4.52 Å². The Morgan fingerprint density at radius 1 is 0.944 bits per heavy atom. The van der Waals surface area contributed by atoms with Crippen molar-refractivity contribution in [3.8, 4) is 5.75 Å². The molecule has 0 aromatic heterocycles. The first-order valence-electron chi connectivity index (χ1n) is 6.65. The first kappa shape index (κ1) is 16.2. The third-order valence-corrected chi connectivity index (χ3v) is 8.74. The van der Waals surface area contributed by atoms with Gasteiger partial charge in [0.05, 0.1) is 0 Å². The lowest BCUT2D eigenvalue weighted by Gasteiger charge is -2.16. The van der Waals surface area contributed by atoms with E-state index < -0.39 is 6.55 Å². The van der Waals surface area contributed by atoms with Crippen LogP contribution >= 0.6 is 29.3 Å².